The van der Waals surface area contributed by atoms with Crippen molar-refractivity contribution in [3.05, 3.63) is 0 Å². The summed E-state index contributed by atoms with van der Waals surface area (Å²) in [7, 11) is 1.78. The van der Waals surface area contributed by atoms with Gasteiger partial charge in [0.2, 0.25) is 0 Å². The van der Waals surface area contributed by atoms with Gasteiger partial charge < -0.3 is 10.5 Å². The zero-order valence-corrected chi connectivity index (χ0v) is 10.9. The highest BCUT2D eigenvalue weighted by atomic mass is 35.5. The summed E-state index contributed by atoms with van der Waals surface area (Å²) in [6, 6.07) is 1.96. The molecule has 92 valence electrons. The Hall–Kier alpha value is 0.460. The predicted octanol–water partition coefficient (Wildman–Crippen LogP) is 1.43. The molecule has 0 aromatic rings. The smallest absolute Gasteiger partial charge is 0.0589 e. The Kier molecular flexibility index (Phi) is 7.13. The number of fused-ring (bicyclic) bond motifs is 2. The minimum Gasteiger partial charge on any atom is -0.383 e. The SMILES string of the molecule is COCCN1[C@@H]2CC[C@H]1CC(N)C2.Cl.Cl. The molecule has 2 N–H and O–H groups in total. The van der Waals surface area contributed by atoms with Crippen molar-refractivity contribution in [2.75, 3.05) is 20.3 Å². The van der Waals surface area contributed by atoms with Crippen LogP contribution in [0, 0.1) is 0 Å². The van der Waals surface area contributed by atoms with Crippen LogP contribution in [-0.2, 0) is 4.74 Å². The Labute approximate surface area is 105 Å². The molecule has 0 aliphatic carbocycles. The molecular weight excluding hydrogens is 235 g/mol. The molecule has 0 spiro atoms. The highest BCUT2D eigenvalue weighted by molar-refractivity contribution is 5.85. The number of hydrogen-bond donors (Lipinski definition) is 1. The van der Waals surface area contributed by atoms with Crippen molar-refractivity contribution in [3.63, 3.8) is 0 Å². The summed E-state index contributed by atoms with van der Waals surface area (Å²) >= 11 is 0. The van der Waals surface area contributed by atoms with Crippen LogP contribution in [0.4, 0.5) is 0 Å². The van der Waals surface area contributed by atoms with Crippen molar-refractivity contribution in [1.29, 1.82) is 0 Å². The molecule has 3 nitrogen and oxygen atoms in total. The lowest BCUT2D eigenvalue weighted by Gasteiger charge is -2.37. The Balaban J connectivity index is 0.000000980. The molecule has 0 aromatic heterocycles. The first kappa shape index (κ1) is 15.5. The monoisotopic (exact) mass is 256 g/mol. The highest BCUT2D eigenvalue weighted by Crippen LogP contribution is 2.34. The van der Waals surface area contributed by atoms with Gasteiger partial charge in [-0.05, 0) is 25.7 Å². The van der Waals surface area contributed by atoms with Gasteiger partial charge in [0.05, 0.1) is 6.61 Å². The van der Waals surface area contributed by atoms with Gasteiger partial charge in [0, 0.05) is 31.8 Å². The molecule has 2 heterocycles. The molecule has 2 fully saturated rings. The maximum Gasteiger partial charge on any atom is 0.0589 e. The van der Waals surface area contributed by atoms with E-state index < -0.39 is 0 Å². The Morgan fingerprint density at radius 2 is 1.73 bits per heavy atom. The average molecular weight is 257 g/mol. The van der Waals surface area contributed by atoms with Crippen molar-refractivity contribution >= 4 is 24.8 Å². The minimum atomic E-state index is 0. The second-order valence-electron chi connectivity index (χ2n) is 4.35. The van der Waals surface area contributed by atoms with Crippen molar-refractivity contribution in [1.82, 2.24) is 4.90 Å². The van der Waals surface area contributed by atoms with Gasteiger partial charge in [0.1, 0.15) is 0 Å². The van der Waals surface area contributed by atoms with Crippen LogP contribution in [0.15, 0.2) is 0 Å². The van der Waals surface area contributed by atoms with Gasteiger partial charge in [0.15, 0.2) is 0 Å². The van der Waals surface area contributed by atoms with Crippen LogP contribution in [0.3, 0.4) is 0 Å². The Bertz CT molecular complexity index is 169. The lowest BCUT2D eigenvalue weighted by atomic mass is 9.98. The van der Waals surface area contributed by atoms with Crippen molar-refractivity contribution in [2.45, 2.75) is 43.8 Å². The van der Waals surface area contributed by atoms with Crippen LogP contribution in [0.5, 0.6) is 0 Å². The normalized spacial score (nSPS) is 34.4. The molecule has 0 amide bonds. The summed E-state index contributed by atoms with van der Waals surface area (Å²) in [5.41, 5.74) is 5.99. The lowest BCUT2D eigenvalue weighted by Crippen LogP contribution is -2.48. The molecular formula is C10H22Cl2N2O. The molecule has 0 saturated carbocycles. The third-order valence-electron chi connectivity index (χ3n) is 3.47. The molecule has 2 aliphatic rings. The lowest BCUT2D eigenvalue weighted by molar-refractivity contribution is 0.0839. The second kappa shape index (κ2) is 6.92. The zero-order chi connectivity index (χ0) is 9.26. The molecule has 0 aromatic carbocycles. The summed E-state index contributed by atoms with van der Waals surface area (Å²) in [5, 5.41) is 0. The van der Waals surface area contributed by atoms with Crippen LogP contribution in [-0.4, -0.2) is 43.3 Å². The van der Waals surface area contributed by atoms with E-state index in [1.807, 2.05) is 0 Å². The summed E-state index contributed by atoms with van der Waals surface area (Å²) in [4.78, 5) is 2.60. The third-order valence-corrected chi connectivity index (χ3v) is 3.47. The van der Waals surface area contributed by atoms with Crippen LogP contribution in [0.25, 0.3) is 0 Å². The third kappa shape index (κ3) is 3.46. The maximum absolute atomic E-state index is 5.99. The van der Waals surface area contributed by atoms with Crippen molar-refractivity contribution in [3.8, 4) is 0 Å². The summed E-state index contributed by atoms with van der Waals surface area (Å²) in [5.74, 6) is 0. The van der Waals surface area contributed by atoms with E-state index in [9.17, 15) is 0 Å². The molecule has 15 heavy (non-hydrogen) atoms. The maximum atomic E-state index is 5.99. The number of halogens is 2. The number of rotatable bonds is 3. The Morgan fingerprint density at radius 3 is 2.20 bits per heavy atom. The quantitative estimate of drug-likeness (QED) is 0.831. The van der Waals surface area contributed by atoms with Gasteiger partial charge in [-0.2, -0.15) is 0 Å². The fourth-order valence-electron chi connectivity index (χ4n) is 2.88. The molecule has 0 radical (unpaired) electrons. The van der Waals surface area contributed by atoms with E-state index >= 15 is 0 Å². The van der Waals surface area contributed by atoms with Crippen LogP contribution in [0.2, 0.25) is 0 Å². The van der Waals surface area contributed by atoms with E-state index in [1.165, 1.54) is 25.7 Å². The Morgan fingerprint density at radius 1 is 1.20 bits per heavy atom. The highest BCUT2D eigenvalue weighted by Gasteiger charge is 2.38. The minimum absolute atomic E-state index is 0. The first-order chi connectivity index (χ1) is 6.31. The first-order valence-electron chi connectivity index (χ1n) is 5.31. The number of nitrogens with two attached hydrogens (primary N) is 1. The van der Waals surface area contributed by atoms with E-state index in [4.69, 9.17) is 10.5 Å². The number of hydrogen-bond acceptors (Lipinski definition) is 3. The number of piperidine rings is 1. The molecule has 1 unspecified atom stereocenters. The molecule has 2 rings (SSSR count). The van der Waals surface area contributed by atoms with Crippen LogP contribution in [0.1, 0.15) is 25.7 Å². The molecule has 2 aliphatic heterocycles. The van der Waals surface area contributed by atoms with Gasteiger partial charge in [-0.25, -0.2) is 0 Å². The van der Waals surface area contributed by atoms with Gasteiger partial charge in [-0.3, -0.25) is 4.90 Å². The fraction of sp³-hybridized carbons (Fsp3) is 1.00. The largest absolute Gasteiger partial charge is 0.383 e. The number of ether oxygens (including phenoxy) is 1. The van der Waals surface area contributed by atoms with Crippen LogP contribution < -0.4 is 5.73 Å². The predicted molar refractivity (Wildman–Crippen MR) is 67.1 cm³/mol. The van der Waals surface area contributed by atoms with Crippen LogP contribution >= 0.6 is 24.8 Å². The van der Waals surface area contributed by atoms with E-state index in [0.29, 0.717) is 6.04 Å². The van der Waals surface area contributed by atoms with Gasteiger partial charge in [-0.1, -0.05) is 0 Å². The number of methoxy groups -OCH3 is 1. The topological polar surface area (TPSA) is 38.5 Å². The summed E-state index contributed by atoms with van der Waals surface area (Å²) in [6.07, 6.45) is 5.09. The van der Waals surface area contributed by atoms with Crippen molar-refractivity contribution < 1.29 is 4.74 Å². The average Bonchev–Trinajstić information content (AvgIpc) is 2.33. The molecule has 2 bridgehead atoms. The van der Waals surface area contributed by atoms with Gasteiger partial charge in [-0.15, -0.1) is 24.8 Å². The number of nitrogens with zero attached hydrogens (tertiary/aromatic N) is 1. The van der Waals surface area contributed by atoms with Gasteiger partial charge in [0.25, 0.3) is 0 Å². The van der Waals surface area contributed by atoms with E-state index in [2.05, 4.69) is 4.90 Å². The fourth-order valence-corrected chi connectivity index (χ4v) is 2.88. The van der Waals surface area contributed by atoms with E-state index in [1.54, 1.807) is 7.11 Å². The summed E-state index contributed by atoms with van der Waals surface area (Å²) in [6.45, 7) is 1.96. The molecule has 2 saturated heterocycles. The molecule has 3 atom stereocenters. The van der Waals surface area contributed by atoms with Gasteiger partial charge >= 0.3 is 0 Å². The molecule has 5 heteroatoms. The first-order valence-corrected chi connectivity index (χ1v) is 5.31. The standard InChI is InChI=1S/C10H20N2O.2ClH/c1-13-5-4-12-9-2-3-10(12)7-8(11)6-9;;/h8-10H,2-7,11H2,1H3;2*1H/t8?,9-,10+;;. The second-order valence-corrected chi connectivity index (χ2v) is 4.35. The van der Waals surface area contributed by atoms with E-state index in [-0.39, 0.29) is 24.8 Å². The zero-order valence-electron chi connectivity index (χ0n) is 9.22. The van der Waals surface area contributed by atoms with E-state index in [0.717, 1.165) is 25.2 Å². The van der Waals surface area contributed by atoms with Crippen molar-refractivity contribution in [2.24, 2.45) is 5.73 Å². The summed E-state index contributed by atoms with van der Waals surface area (Å²) < 4.78 is 5.12.